The number of carbonyl (C=O) groups is 2. The molecule has 33 heavy (non-hydrogen) atoms. The highest BCUT2D eigenvalue weighted by Gasteiger charge is 2.18. The van der Waals surface area contributed by atoms with E-state index in [2.05, 4.69) is 36.2 Å². The smallest absolute Gasteiger partial charge is 0.326 e. The third-order valence-corrected chi connectivity index (χ3v) is 7.12. The lowest BCUT2D eigenvalue weighted by Gasteiger charge is -2.18. The van der Waals surface area contributed by atoms with Crippen molar-refractivity contribution in [2.75, 3.05) is 25.6 Å². The molecule has 1 aromatic heterocycles. The van der Waals surface area contributed by atoms with E-state index in [1.54, 1.807) is 23.3 Å². The first-order chi connectivity index (χ1) is 16.0. The highest BCUT2D eigenvalue weighted by Crippen LogP contribution is 2.35. The van der Waals surface area contributed by atoms with Crippen LogP contribution < -0.4 is 14.3 Å². The minimum absolute atomic E-state index is 0.0249. The predicted octanol–water partition coefficient (Wildman–Crippen LogP) is 4.35. The van der Waals surface area contributed by atoms with Crippen molar-refractivity contribution in [1.82, 2.24) is 4.57 Å². The van der Waals surface area contributed by atoms with Gasteiger partial charge in [-0.3, -0.25) is 9.59 Å². The van der Waals surface area contributed by atoms with E-state index in [-0.39, 0.29) is 25.0 Å². The van der Waals surface area contributed by atoms with Gasteiger partial charge in [0.05, 0.1) is 16.8 Å². The molecule has 0 radical (unpaired) electrons. The molecule has 0 spiro atoms. The van der Waals surface area contributed by atoms with E-state index in [4.69, 9.17) is 14.2 Å². The number of nitrogens with zero attached hydrogens (tertiary/aromatic N) is 2. The first-order valence-corrected chi connectivity index (χ1v) is 12.7. The van der Waals surface area contributed by atoms with Gasteiger partial charge < -0.3 is 18.8 Å². The Hall–Kier alpha value is -2.78. The van der Waals surface area contributed by atoms with Crippen LogP contribution in [0.4, 0.5) is 0 Å². The normalized spacial score (nSPS) is 13.3. The van der Waals surface area contributed by atoms with Crippen molar-refractivity contribution in [3.8, 4) is 11.5 Å². The van der Waals surface area contributed by atoms with Crippen molar-refractivity contribution in [2.45, 2.75) is 38.1 Å². The number of rotatable bonds is 8. The van der Waals surface area contributed by atoms with Crippen LogP contribution in [0.2, 0.25) is 0 Å². The van der Waals surface area contributed by atoms with Crippen LogP contribution in [0.3, 0.4) is 0 Å². The van der Waals surface area contributed by atoms with Crippen LogP contribution in [0, 0.1) is 6.92 Å². The Morgan fingerprint density at radius 2 is 1.88 bits per heavy atom. The van der Waals surface area contributed by atoms with Crippen LogP contribution >= 0.6 is 23.1 Å². The number of aryl methyl sites for hydroxylation is 1. The number of esters is 1. The molecule has 0 bridgehead atoms. The minimum atomic E-state index is -0.379. The number of benzene rings is 2. The summed E-state index contributed by atoms with van der Waals surface area (Å²) < 4.78 is 19.1. The van der Waals surface area contributed by atoms with Crippen molar-refractivity contribution in [2.24, 2.45) is 4.99 Å². The van der Waals surface area contributed by atoms with E-state index in [1.807, 2.05) is 12.1 Å². The van der Waals surface area contributed by atoms with Gasteiger partial charge in [0, 0.05) is 23.4 Å². The summed E-state index contributed by atoms with van der Waals surface area (Å²) in [5, 5.41) is 0. The largest absolute Gasteiger partial charge is 0.486 e. The first kappa shape index (κ1) is 23.4. The van der Waals surface area contributed by atoms with E-state index >= 15 is 0 Å². The lowest BCUT2D eigenvalue weighted by molar-refractivity contribution is -0.143. The predicted molar refractivity (Wildman–Crippen MR) is 129 cm³/mol. The quantitative estimate of drug-likeness (QED) is 0.268. The molecule has 174 valence electrons. The second-order valence-corrected chi connectivity index (χ2v) is 9.69. The highest BCUT2D eigenvalue weighted by molar-refractivity contribution is 7.99. The Morgan fingerprint density at radius 3 is 2.61 bits per heavy atom. The van der Waals surface area contributed by atoms with Crippen LogP contribution in [0.5, 0.6) is 11.5 Å². The number of hydrogen-bond donors (Lipinski definition) is 0. The number of thiazole rings is 1. The Bertz CT molecular complexity index is 1210. The highest BCUT2D eigenvalue weighted by atomic mass is 32.2. The number of ether oxygens (including phenoxy) is 3. The molecule has 0 N–H and O–H groups in total. The molecule has 2 heterocycles. The molecule has 0 aliphatic carbocycles. The van der Waals surface area contributed by atoms with Crippen LogP contribution in [0.1, 0.15) is 25.3 Å². The van der Waals surface area contributed by atoms with Gasteiger partial charge in [0.15, 0.2) is 16.3 Å². The molecule has 1 aliphatic heterocycles. The summed E-state index contributed by atoms with van der Waals surface area (Å²) in [5.74, 6) is 1.52. The number of amides is 1. The molecule has 9 heteroatoms. The Morgan fingerprint density at radius 1 is 1.15 bits per heavy atom. The van der Waals surface area contributed by atoms with Crippen molar-refractivity contribution >= 4 is 45.2 Å². The summed E-state index contributed by atoms with van der Waals surface area (Å²) in [5.41, 5.74) is 1.99. The Labute approximate surface area is 200 Å². The van der Waals surface area contributed by atoms with Gasteiger partial charge in [-0.2, -0.15) is 4.99 Å². The third-order valence-electron chi connectivity index (χ3n) is 4.98. The van der Waals surface area contributed by atoms with E-state index < -0.39 is 0 Å². The minimum Gasteiger partial charge on any atom is -0.486 e. The molecule has 0 atom stereocenters. The fourth-order valence-electron chi connectivity index (χ4n) is 3.39. The fourth-order valence-corrected chi connectivity index (χ4v) is 5.30. The fraction of sp³-hybridized carbons (Fsp3) is 0.375. The van der Waals surface area contributed by atoms with Crippen LogP contribution in [-0.4, -0.2) is 42.0 Å². The lowest BCUT2D eigenvalue weighted by atomic mass is 10.2. The number of hydrogen-bond acceptors (Lipinski definition) is 7. The third kappa shape index (κ3) is 5.97. The molecule has 4 rings (SSSR count). The first-order valence-electron chi connectivity index (χ1n) is 10.9. The number of fused-ring (bicyclic) bond motifs is 2. The SMILES string of the molecule is CCOC(=O)Cn1c(=NC(=O)CCCSc2ccc(C)cc2)sc2cc3c(cc21)OCCO3. The maximum Gasteiger partial charge on any atom is 0.326 e. The maximum absolute atomic E-state index is 12.6. The summed E-state index contributed by atoms with van der Waals surface area (Å²) in [6.45, 7) is 5.05. The van der Waals surface area contributed by atoms with Crippen molar-refractivity contribution in [3.63, 3.8) is 0 Å². The molecule has 0 saturated carbocycles. The maximum atomic E-state index is 12.6. The van der Waals surface area contributed by atoms with Gasteiger partial charge in [-0.1, -0.05) is 29.0 Å². The van der Waals surface area contributed by atoms with Gasteiger partial charge >= 0.3 is 5.97 Å². The van der Waals surface area contributed by atoms with Gasteiger partial charge in [0.2, 0.25) is 5.91 Å². The number of thioether (sulfide) groups is 1. The average molecular weight is 487 g/mol. The van der Waals surface area contributed by atoms with Gasteiger partial charge in [0.25, 0.3) is 0 Å². The summed E-state index contributed by atoms with van der Waals surface area (Å²) >= 11 is 3.08. The molecular formula is C24H26N2O5S2. The van der Waals surface area contributed by atoms with E-state index in [9.17, 15) is 9.59 Å². The van der Waals surface area contributed by atoms with Crippen LogP contribution in [0.25, 0.3) is 10.2 Å². The zero-order valence-electron chi connectivity index (χ0n) is 18.7. The monoisotopic (exact) mass is 486 g/mol. The molecule has 1 amide bonds. The molecular weight excluding hydrogens is 460 g/mol. The van der Waals surface area contributed by atoms with E-state index in [0.29, 0.717) is 35.9 Å². The summed E-state index contributed by atoms with van der Waals surface area (Å²) in [6.07, 6.45) is 1.06. The van der Waals surface area contributed by atoms with Gasteiger partial charge in [-0.25, -0.2) is 0 Å². The topological polar surface area (TPSA) is 79.1 Å². The Kier molecular flexibility index (Phi) is 7.72. The average Bonchev–Trinajstić information content (AvgIpc) is 3.12. The van der Waals surface area contributed by atoms with Gasteiger partial charge in [-0.05, 0) is 38.2 Å². The second kappa shape index (κ2) is 10.9. The summed E-state index contributed by atoms with van der Waals surface area (Å²) in [6, 6.07) is 12.1. The summed E-state index contributed by atoms with van der Waals surface area (Å²) in [7, 11) is 0. The molecule has 0 saturated heterocycles. The van der Waals surface area contributed by atoms with Crippen molar-refractivity contribution in [3.05, 3.63) is 46.8 Å². The van der Waals surface area contributed by atoms with E-state index in [0.717, 1.165) is 22.4 Å². The molecule has 3 aromatic rings. The molecule has 2 aromatic carbocycles. The summed E-state index contributed by atoms with van der Waals surface area (Å²) in [4.78, 5) is 30.8. The van der Waals surface area contributed by atoms with Crippen molar-refractivity contribution in [1.29, 1.82) is 0 Å². The Balaban J connectivity index is 1.52. The molecule has 0 fully saturated rings. The van der Waals surface area contributed by atoms with Crippen LogP contribution in [-0.2, 0) is 20.9 Å². The zero-order valence-corrected chi connectivity index (χ0v) is 20.3. The molecule has 0 unspecified atom stereocenters. The van der Waals surface area contributed by atoms with Gasteiger partial charge in [-0.15, -0.1) is 11.8 Å². The van der Waals surface area contributed by atoms with E-state index in [1.165, 1.54) is 21.8 Å². The lowest BCUT2D eigenvalue weighted by Crippen LogP contribution is -2.23. The molecule has 7 nitrogen and oxygen atoms in total. The molecule has 1 aliphatic rings. The number of aromatic nitrogens is 1. The zero-order chi connectivity index (χ0) is 23.2. The number of carbonyl (C=O) groups excluding carboxylic acids is 2. The van der Waals surface area contributed by atoms with Crippen LogP contribution in [0.15, 0.2) is 46.3 Å². The van der Waals surface area contributed by atoms with Gasteiger partial charge in [0.1, 0.15) is 19.8 Å². The van der Waals surface area contributed by atoms with Crippen molar-refractivity contribution < 1.29 is 23.8 Å². The standard InChI is InChI=1S/C24H26N2O5S2/c1-3-29-23(28)15-26-18-13-19-20(31-11-10-30-19)14-21(18)33-24(26)25-22(27)5-4-12-32-17-8-6-16(2)7-9-17/h6-9,13-14H,3-5,10-12,15H2,1-2H3. The second-order valence-electron chi connectivity index (χ2n) is 7.51.